The first-order valence-electron chi connectivity index (χ1n) is 11.2. The van der Waals surface area contributed by atoms with E-state index in [0.717, 1.165) is 29.8 Å². The van der Waals surface area contributed by atoms with Gasteiger partial charge < -0.3 is 10.2 Å². The molecule has 0 saturated carbocycles. The molecule has 1 heterocycles. The third-order valence-corrected chi connectivity index (χ3v) is 6.90. The van der Waals surface area contributed by atoms with Crippen molar-refractivity contribution in [1.29, 1.82) is 0 Å². The lowest BCUT2D eigenvalue weighted by Crippen LogP contribution is -2.49. The quantitative estimate of drug-likeness (QED) is 0.567. The van der Waals surface area contributed by atoms with Crippen LogP contribution in [-0.4, -0.2) is 69.3 Å². The molecular formula is C24H32N4O4S. The van der Waals surface area contributed by atoms with E-state index in [1.807, 2.05) is 36.1 Å². The number of sulfonamides is 1. The molecule has 1 fully saturated rings. The molecule has 178 valence electrons. The Balaban J connectivity index is 1.32. The van der Waals surface area contributed by atoms with Crippen LogP contribution in [0.2, 0.25) is 0 Å². The first-order valence-corrected chi connectivity index (χ1v) is 12.7. The Morgan fingerprint density at radius 3 is 2.30 bits per heavy atom. The zero-order valence-corrected chi connectivity index (χ0v) is 19.8. The number of primary sulfonamides is 1. The summed E-state index contributed by atoms with van der Waals surface area (Å²) in [5.74, 6) is 0.132. The van der Waals surface area contributed by atoms with Gasteiger partial charge in [-0.25, -0.2) is 13.6 Å². The molecule has 1 aliphatic heterocycles. The van der Waals surface area contributed by atoms with Crippen molar-refractivity contribution in [1.82, 2.24) is 15.1 Å². The Morgan fingerprint density at radius 1 is 1.00 bits per heavy atom. The normalized spacial score (nSPS) is 14.8. The van der Waals surface area contributed by atoms with E-state index in [9.17, 15) is 18.0 Å². The van der Waals surface area contributed by atoms with Crippen molar-refractivity contribution in [2.24, 2.45) is 5.14 Å². The van der Waals surface area contributed by atoms with E-state index in [1.165, 1.54) is 12.1 Å². The molecule has 1 aliphatic rings. The first-order chi connectivity index (χ1) is 15.7. The number of piperazine rings is 1. The van der Waals surface area contributed by atoms with Crippen molar-refractivity contribution >= 4 is 21.8 Å². The van der Waals surface area contributed by atoms with Gasteiger partial charge in [-0.05, 0) is 42.2 Å². The molecule has 0 radical (unpaired) electrons. The van der Waals surface area contributed by atoms with Gasteiger partial charge in [0.15, 0.2) is 0 Å². The smallest absolute Gasteiger partial charge is 0.238 e. The van der Waals surface area contributed by atoms with Crippen LogP contribution in [0.4, 0.5) is 0 Å². The Bertz CT molecular complexity index is 1060. The minimum atomic E-state index is -3.69. The molecule has 8 nitrogen and oxygen atoms in total. The monoisotopic (exact) mass is 472 g/mol. The summed E-state index contributed by atoms with van der Waals surface area (Å²) >= 11 is 0. The van der Waals surface area contributed by atoms with E-state index in [0.29, 0.717) is 45.4 Å². The van der Waals surface area contributed by atoms with Gasteiger partial charge in [-0.3, -0.25) is 14.5 Å². The predicted octanol–water partition coefficient (Wildman–Crippen LogP) is 1.08. The average molecular weight is 473 g/mol. The van der Waals surface area contributed by atoms with Crippen LogP contribution in [0.3, 0.4) is 0 Å². The zero-order chi connectivity index (χ0) is 23.8. The third-order valence-electron chi connectivity index (χ3n) is 5.97. The maximum absolute atomic E-state index is 12.6. The summed E-state index contributed by atoms with van der Waals surface area (Å²) in [6, 6.07) is 14.3. The second kappa shape index (κ2) is 11.4. The average Bonchev–Trinajstić information content (AvgIpc) is 2.79. The maximum atomic E-state index is 12.6. The van der Waals surface area contributed by atoms with Gasteiger partial charge in [0, 0.05) is 45.7 Å². The zero-order valence-electron chi connectivity index (χ0n) is 19.0. The van der Waals surface area contributed by atoms with Gasteiger partial charge in [0.05, 0.1) is 11.3 Å². The molecule has 2 aromatic carbocycles. The molecule has 9 heteroatoms. The molecular weight excluding hydrogens is 440 g/mol. The van der Waals surface area contributed by atoms with Crippen molar-refractivity contribution in [2.45, 2.75) is 31.1 Å². The van der Waals surface area contributed by atoms with Crippen molar-refractivity contribution in [2.75, 3.05) is 39.3 Å². The van der Waals surface area contributed by atoms with E-state index in [1.54, 1.807) is 12.1 Å². The lowest BCUT2D eigenvalue weighted by molar-refractivity contribution is -0.132. The van der Waals surface area contributed by atoms with Gasteiger partial charge in [-0.15, -0.1) is 0 Å². The lowest BCUT2D eigenvalue weighted by atomic mass is 10.1. The summed E-state index contributed by atoms with van der Waals surface area (Å²) < 4.78 is 22.6. The summed E-state index contributed by atoms with van der Waals surface area (Å²) in [7, 11) is -3.69. The van der Waals surface area contributed by atoms with E-state index < -0.39 is 10.0 Å². The topological polar surface area (TPSA) is 113 Å². The number of rotatable bonds is 9. The predicted molar refractivity (Wildman–Crippen MR) is 127 cm³/mol. The van der Waals surface area contributed by atoms with Crippen LogP contribution in [0.5, 0.6) is 0 Å². The molecule has 1 saturated heterocycles. The Morgan fingerprint density at radius 2 is 1.67 bits per heavy atom. The number of nitrogens with zero attached hydrogens (tertiary/aromatic N) is 2. The summed E-state index contributed by atoms with van der Waals surface area (Å²) in [5, 5.41) is 7.99. The van der Waals surface area contributed by atoms with Gasteiger partial charge in [0.2, 0.25) is 21.8 Å². The number of nitrogens with two attached hydrogens (primary N) is 1. The largest absolute Gasteiger partial charge is 0.356 e. The molecule has 0 spiro atoms. The third kappa shape index (κ3) is 7.66. The summed E-state index contributed by atoms with van der Waals surface area (Å²) in [6.07, 6.45) is 1.44. The van der Waals surface area contributed by atoms with Gasteiger partial charge in [0.1, 0.15) is 0 Å². The molecule has 0 bridgehead atoms. The number of aryl methyl sites for hydroxylation is 1. The minimum absolute atomic E-state index is 0.0192. The van der Waals surface area contributed by atoms with Crippen LogP contribution >= 0.6 is 0 Å². The molecule has 2 aromatic rings. The fraction of sp³-hybridized carbons (Fsp3) is 0.417. The Labute approximate surface area is 195 Å². The molecule has 0 atom stereocenters. The Hall–Kier alpha value is -2.75. The van der Waals surface area contributed by atoms with E-state index in [-0.39, 0.29) is 16.7 Å². The summed E-state index contributed by atoms with van der Waals surface area (Å²) in [4.78, 5) is 29.0. The number of benzene rings is 2. The molecule has 3 N–H and O–H groups in total. The van der Waals surface area contributed by atoms with Crippen molar-refractivity contribution in [3.8, 4) is 0 Å². The number of carbonyl (C=O) groups excluding carboxylic acids is 2. The highest BCUT2D eigenvalue weighted by Crippen LogP contribution is 2.12. The number of nitrogens with one attached hydrogen (secondary N) is 1. The number of hydrogen-bond acceptors (Lipinski definition) is 5. The highest BCUT2D eigenvalue weighted by Gasteiger charge is 2.21. The second-order valence-electron chi connectivity index (χ2n) is 8.36. The maximum Gasteiger partial charge on any atom is 0.238 e. The standard InChI is InChI=1S/C24H32N4O4S/c1-19-4-2-3-5-21(19)18-24(30)28-16-14-27(15-17-28)13-11-23(29)26-12-10-20-6-8-22(9-7-20)33(25,31)32/h2-9H,10-18H2,1H3,(H,26,29)(H2,25,31,32). The Kier molecular flexibility index (Phi) is 8.60. The highest BCUT2D eigenvalue weighted by atomic mass is 32.2. The van der Waals surface area contributed by atoms with Crippen molar-refractivity contribution < 1.29 is 18.0 Å². The number of hydrogen-bond donors (Lipinski definition) is 2. The van der Waals surface area contributed by atoms with Crippen LogP contribution < -0.4 is 10.5 Å². The van der Waals surface area contributed by atoms with Crippen LogP contribution in [0, 0.1) is 6.92 Å². The molecule has 3 rings (SSSR count). The van der Waals surface area contributed by atoms with Crippen molar-refractivity contribution in [3.05, 3.63) is 65.2 Å². The summed E-state index contributed by atoms with van der Waals surface area (Å²) in [6.45, 7) is 6.06. The summed E-state index contributed by atoms with van der Waals surface area (Å²) in [5.41, 5.74) is 3.13. The highest BCUT2D eigenvalue weighted by molar-refractivity contribution is 7.89. The number of amides is 2. The second-order valence-corrected chi connectivity index (χ2v) is 9.93. The van der Waals surface area contributed by atoms with E-state index in [4.69, 9.17) is 5.14 Å². The molecule has 0 unspecified atom stereocenters. The minimum Gasteiger partial charge on any atom is -0.356 e. The van der Waals surface area contributed by atoms with Gasteiger partial charge in [-0.1, -0.05) is 36.4 Å². The molecule has 2 amide bonds. The van der Waals surface area contributed by atoms with Gasteiger partial charge >= 0.3 is 0 Å². The van der Waals surface area contributed by atoms with Gasteiger partial charge in [-0.2, -0.15) is 0 Å². The van der Waals surface area contributed by atoms with Crippen molar-refractivity contribution in [3.63, 3.8) is 0 Å². The SMILES string of the molecule is Cc1ccccc1CC(=O)N1CCN(CCC(=O)NCCc2ccc(S(N)(=O)=O)cc2)CC1. The van der Waals surface area contributed by atoms with E-state index in [2.05, 4.69) is 10.2 Å². The van der Waals surface area contributed by atoms with Crippen LogP contribution in [0.1, 0.15) is 23.1 Å². The van der Waals surface area contributed by atoms with E-state index >= 15 is 0 Å². The van der Waals surface area contributed by atoms with Crippen LogP contribution in [0.15, 0.2) is 53.4 Å². The first kappa shape index (κ1) is 24.9. The van der Waals surface area contributed by atoms with Crippen LogP contribution in [0.25, 0.3) is 0 Å². The molecule has 0 aliphatic carbocycles. The fourth-order valence-electron chi connectivity index (χ4n) is 3.84. The van der Waals surface area contributed by atoms with Crippen LogP contribution in [-0.2, 0) is 32.5 Å². The lowest BCUT2D eigenvalue weighted by Gasteiger charge is -2.34. The fourth-order valence-corrected chi connectivity index (χ4v) is 4.36. The molecule has 0 aromatic heterocycles. The molecule has 33 heavy (non-hydrogen) atoms. The van der Waals surface area contributed by atoms with Gasteiger partial charge in [0.25, 0.3) is 0 Å². The number of carbonyl (C=O) groups is 2.